The summed E-state index contributed by atoms with van der Waals surface area (Å²) in [4.78, 5) is 11.9. The molecule has 0 saturated heterocycles. The van der Waals surface area contributed by atoms with E-state index >= 15 is 0 Å². The highest BCUT2D eigenvalue weighted by molar-refractivity contribution is 5.94. The molecule has 4 heteroatoms. The van der Waals surface area contributed by atoms with E-state index in [4.69, 9.17) is 9.47 Å². The van der Waals surface area contributed by atoms with Crippen LogP contribution in [0.3, 0.4) is 0 Å². The summed E-state index contributed by atoms with van der Waals surface area (Å²) in [5.41, 5.74) is 1.69. The molecule has 0 fully saturated rings. The Hall–Kier alpha value is -2.93. The predicted octanol–water partition coefficient (Wildman–Crippen LogP) is 2.82. The summed E-state index contributed by atoms with van der Waals surface area (Å²) in [6.07, 6.45) is 0. The van der Waals surface area contributed by atoms with Gasteiger partial charge in [-0.05, 0) is 31.2 Å². The highest BCUT2D eigenvalue weighted by Gasteiger charge is 2.03. The third kappa shape index (κ3) is 5.08. The quantitative estimate of drug-likeness (QED) is 0.864. The van der Waals surface area contributed by atoms with Crippen LogP contribution in [0.15, 0.2) is 48.5 Å². The van der Waals surface area contributed by atoms with Crippen LogP contribution in [0, 0.1) is 18.8 Å². The summed E-state index contributed by atoms with van der Waals surface area (Å²) >= 11 is 0. The van der Waals surface area contributed by atoms with Crippen molar-refractivity contribution in [1.82, 2.24) is 5.32 Å². The van der Waals surface area contributed by atoms with Gasteiger partial charge in [-0.15, -0.1) is 0 Å². The first-order valence-electron chi connectivity index (χ1n) is 7.27. The fourth-order valence-electron chi connectivity index (χ4n) is 1.98. The van der Waals surface area contributed by atoms with Crippen LogP contribution in [-0.4, -0.2) is 26.2 Å². The molecular formula is C19H19NO3. The van der Waals surface area contributed by atoms with Crippen LogP contribution in [0.2, 0.25) is 0 Å². The molecule has 0 aliphatic carbocycles. The Kier molecular flexibility index (Phi) is 6.07. The molecule has 118 valence electrons. The van der Waals surface area contributed by atoms with Crippen molar-refractivity contribution in [2.45, 2.75) is 6.92 Å². The van der Waals surface area contributed by atoms with Gasteiger partial charge in [0.05, 0.1) is 13.7 Å². The van der Waals surface area contributed by atoms with E-state index in [0.29, 0.717) is 17.1 Å². The van der Waals surface area contributed by atoms with Gasteiger partial charge in [-0.25, -0.2) is 0 Å². The molecule has 1 N–H and O–H groups in total. The smallest absolute Gasteiger partial charge is 0.252 e. The van der Waals surface area contributed by atoms with E-state index in [9.17, 15) is 4.79 Å². The minimum Gasteiger partial charge on any atom is -0.493 e. The number of rotatable bonds is 5. The summed E-state index contributed by atoms with van der Waals surface area (Å²) in [5.74, 6) is 6.91. The lowest BCUT2D eigenvalue weighted by Crippen LogP contribution is -2.23. The minimum atomic E-state index is -0.131. The van der Waals surface area contributed by atoms with Crippen LogP contribution in [-0.2, 0) is 0 Å². The van der Waals surface area contributed by atoms with Gasteiger partial charge in [0.15, 0.2) is 11.5 Å². The molecule has 0 atom stereocenters. The molecule has 0 aromatic heterocycles. The van der Waals surface area contributed by atoms with Gasteiger partial charge >= 0.3 is 0 Å². The maximum atomic E-state index is 11.9. The van der Waals surface area contributed by atoms with E-state index < -0.39 is 0 Å². The molecule has 0 radical (unpaired) electrons. The Labute approximate surface area is 136 Å². The maximum absolute atomic E-state index is 11.9. The number of methoxy groups -OCH3 is 1. The van der Waals surface area contributed by atoms with Crippen molar-refractivity contribution in [1.29, 1.82) is 0 Å². The molecular weight excluding hydrogens is 290 g/mol. The first-order valence-corrected chi connectivity index (χ1v) is 7.27. The molecule has 0 aliphatic rings. The van der Waals surface area contributed by atoms with Gasteiger partial charge in [0.2, 0.25) is 0 Å². The van der Waals surface area contributed by atoms with E-state index in [1.165, 1.54) is 0 Å². The number of carbonyl (C=O) groups is 1. The topological polar surface area (TPSA) is 47.6 Å². The molecule has 0 aliphatic heterocycles. The Bertz CT molecular complexity index is 729. The zero-order valence-corrected chi connectivity index (χ0v) is 13.3. The molecule has 23 heavy (non-hydrogen) atoms. The Morgan fingerprint density at radius 1 is 1.09 bits per heavy atom. The van der Waals surface area contributed by atoms with Crippen LogP contribution < -0.4 is 14.8 Å². The molecule has 0 heterocycles. The summed E-state index contributed by atoms with van der Waals surface area (Å²) in [5, 5.41) is 2.75. The molecule has 4 nitrogen and oxygen atoms in total. The third-order valence-electron chi connectivity index (χ3n) is 3.11. The van der Waals surface area contributed by atoms with Gasteiger partial charge in [0, 0.05) is 5.56 Å². The van der Waals surface area contributed by atoms with Crippen LogP contribution >= 0.6 is 0 Å². The molecule has 0 spiro atoms. The van der Waals surface area contributed by atoms with Crippen molar-refractivity contribution < 1.29 is 14.3 Å². The first-order chi connectivity index (χ1) is 11.2. The van der Waals surface area contributed by atoms with Crippen LogP contribution in [0.1, 0.15) is 15.9 Å². The van der Waals surface area contributed by atoms with Crippen LogP contribution in [0.25, 0.3) is 0 Å². The molecule has 0 bridgehead atoms. The highest BCUT2D eigenvalue weighted by Crippen LogP contribution is 2.25. The zero-order valence-electron chi connectivity index (χ0n) is 13.3. The van der Waals surface area contributed by atoms with E-state index in [2.05, 4.69) is 17.2 Å². The van der Waals surface area contributed by atoms with Crippen molar-refractivity contribution in [2.75, 3.05) is 20.3 Å². The molecule has 0 saturated carbocycles. The lowest BCUT2D eigenvalue weighted by Gasteiger charge is -2.07. The number of para-hydroxylation sites is 2. The second-order valence-corrected chi connectivity index (χ2v) is 4.85. The van der Waals surface area contributed by atoms with Gasteiger partial charge in [-0.1, -0.05) is 41.7 Å². The monoisotopic (exact) mass is 309 g/mol. The predicted molar refractivity (Wildman–Crippen MR) is 89.8 cm³/mol. The van der Waals surface area contributed by atoms with E-state index in [1.807, 2.05) is 49.4 Å². The number of aryl methyl sites for hydroxylation is 1. The Balaban J connectivity index is 1.77. The van der Waals surface area contributed by atoms with Crippen molar-refractivity contribution in [2.24, 2.45) is 0 Å². The van der Waals surface area contributed by atoms with E-state index in [1.54, 1.807) is 13.2 Å². The van der Waals surface area contributed by atoms with Crippen LogP contribution in [0.4, 0.5) is 0 Å². The molecule has 0 unspecified atom stereocenters. The van der Waals surface area contributed by atoms with Gasteiger partial charge in [0.1, 0.15) is 6.61 Å². The average Bonchev–Trinajstić information content (AvgIpc) is 2.58. The fourth-order valence-corrected chi connectivity index (χ4v) is 1.98. The maximum Gasteiger partial charge on any atom is 0.252 e. The second kappa shape index (κ2) is 8.50. The van der Waals surface area contributed by atoms with E-state index in [-0.39, 0.29) is 19.1 Å². The number of ether oxygens (including phenoxy) is 2. The number of carbonyl (C=O) groups excluding carboxylic acids is 1. The molecule has 1 amide bonds. The standard InChI is InChI=1S/C19H19NO3/c1-15-8-7-9-16(14-15)19(21)20-12-5-6-13-23-18-11-4-3-10-17(18)22-2/h3-4,7-11,14H,12-13H2,1-2H3,(H,20,21). The Morgan fingerprint density at radius 3 is 2.61 bits per heavy atom. The van der Waals surface area contributed by atoms with Crippen molar-refractivity contribution in [3.63, 3.8) is 0 Å². The molecule has 2 aromatic rings. The Morgan fingerprint density at radius 2 is 1.87 bits per heavy atom. The lowest BCUT2D eigenvalue weighted by molar-refractivity contribution is 0.0958. The molecule has 2 rings (SSSR count). The van der Waals surface area contributed by atoms with Gasteiger partial charge in [-0.3, -0.25) is 4.79 Å². The number of hydrogen-bond donors (Lipinski definition) is 1. The van der Waals surface area contributed by atoms with Gasteiger partial charge < -0.3 is 14.8 Å². The van der Waals surface area contributed by atoms with Crippen molar-refractivity contribution >= 4 is 5.91 Å². The fraction of sp³-hybridized carbons (Fsp3) is 0.211. The lowest BCUT2D eigenvalue weighted by atomic mass is 10.1. The van der Waals surface area contributed by atoms with Gasteiger partial charge in [-0.2, -0.15) is 0 Å². The third-order valence-corrected chi connectivity index (χ3v) is 3.11. The average molecular weight is 309 g/mol. The first kappa shape index (κ1) is 16.4. The largest absolute Gasteiger partial charge is 0.493 e. The zero-order chi connectivity index (χ0) is 16.5. The van der Waals surface area contributed by atoms with E-state index in [0.717, 1.165) is 5.56 Å². The SMILES string of the molecule is COc1ccccc1OCC#CCNC(=O)c1cccc(C)c1. The summed E-state index contributed by atoms with van der Waals surface area (Å²) in [7, 11) is 1.59. The number of hydrogen-bond acceptors (Lipinski definition) is 3. The number of nitrogens with one attached hydrogen (secondary N) is 1. The highest BCUT2D eigenvalue weighted by atomic mass is 16.5. The number of amides is 1. The van der Waals surface area contributed by atoms with Crippen molar-refractivity contribution in [3.8, 4) is 23.3 Å². The summed E-state index contributed by atoms with van der Waals surface area (Å²) in [6, 6.07) is 14.8. The molecule has 2 aromatic carbocycles. The van der Waals surface area contributed by atoms with Crippen LogP contribution in [0.5, 0.6) is 11.5 Å². The van der Waals surface area contributed by atoms with Gasteiger partial charge in [0.25, 0.3) is 5.91 Å². The number of benzene rings is 2. The minimum absolute atomic E-state index is 0.131. The summed E-state index contributed by atoms with van der Waals surface area (Å²) in [6.45, 7) is 2.47. The normalized spacial score (nSPS) is 9.48. The summed E-state index contributed by atoms with van der Waals surface area (Å²) < 4.78 is 10.7. The second-order valence-electron chi connectivity index (χ2n) is 4.85. The van der Waals surface area contributed by atoms with Crippen molar-refractivity contribution in [3.05, 3.63) is 59.7 Å².